The van der Waals surface area contributed by atoms with E-state index in [1.54, 1.807) is 6.20 Å². The third kappa shape index (κ3) is 3.48. The zero-order chi connectivity index (χ0) is 13.0. The molecule has 0 aliphatic rings. The van der Waals surface area contributed by atoms with E-state index in [0.29, 0.717) is 17.8 Å². The van der Waals surface area contributed by atoms with Crippen LogP contribution in [0.2, 0.25) is 0 Å². The van der Waals surface area contributed by atoms with Crippen LogP contribution in [-0.4, -0.2) is 21.2 Å². The lowest BCUT2D eigenvalue weighted by Gasteiger charge is -2.04. The molecule has 0 aliphatic carbocycles. The Kier molecular flexibility index (Phi) is 4.22. The Morgan fingerprint density at radius 1 is 1.39 bits per heavy atom. The van der Waals surface area contributed by atoms with Crippen LogP contribution in [0, 0.1) is 6.92 Å². The van der Waals surface area contributed by atoms with Crippen molar-refractivity contribution in [3.63, 3.8) is 0 Å². The van der Waals surface area contributed by atoms with Gasteiger partial charge in [-0.2, -0.15) is 0 Å². The highest BCUT2D eigenvalue weighted by Gasteiger charge is 2.08. The van der Waals surface area contributed by atoms with E-state index in [0.717, 1.165) is 16.5 Å². The molecule has 2 rings (SSSR count). The molecule has 0 saturated heterocycles. The standard InChI is InChI=1S/C12H16N4OS/c1-8(2)14-7-11-15-16-12(18-11)17-10-5-4-6-13-9(10)3/h4-6,8,14H,7H2,1-3H3. The molecule has 2 aromatic heterocycles. The molecule has 0 amide bonds. The van der Waals surface area contributed by atoms with Gasteiger partial charge in [0.25, 0.3) is 5.19 Å². The van der Waals surface area contributed by atoms with Crippen LogP contribution >= 0.6 is 11.3 Å². The van der Waals surface area contributed by atoms with Gasteiger partial charge in [0, 0.05) is 12.2 Å². The quantitative estimate of drug-likeness (QED) is 0.899. The Morgan fingerprint density at radius 2 is 2.22 bits per heavy atom. The Labute approximate surface area is 110 Å². The molecule has 5 nitrogen and oxygen atoms in total. The lowest BCUT2D eigenvalue weighted by Crippen LogP contribution is -2.21. The zero-order valence-corrected chi connectivity index (χ0v) is 11.5. The van der Waals surface area contributed by atoms with Crippen LogP contribution in [0.15, 0.2) is 18.3 Å². The van der Waals surface area contributed by atoms with Crippen LogP contribution in [-0.2, 0) is 6.54 Å². The van der Waals surface area contributed by atoms with Crippen LogP contribution in [0.5, 0.6) is 10.9 Å². The smallest absolute Gasteiger partial charge is 0.299 e. The van der Waals surface area contributed by atoms with Crippen LogP contribution in [0.1, 0.15) is 24.5 Å². The van der Waals surface area contributed by atoms with Gasteiger partial charge in [0.05, 0.1) is 12.2 Å². The number of ether oxygens (including phenoxy) is 1. The summed E-state index contributed by atoms with van der Waals surface area (Å²) in [6.45, 7) is 6.80. The third-order valence-electron chi connectivity index (χ3n) is 2.27. The molecule has 0 aromatic carbocycles. The maximum absolute atomic E-state index is 5.65. The summed E-state index contributed by atoms with van der Waals surface area (Å²) in [4.78, 5) is 4.16. The van der Waals surface area contributed by atoms with Crippen molar-refractivity contribution in [1.29, 1.82) is 0 Å². The first kappa shape index (κ1) is 12.9. The molecule has 0 bridgehead atoms. The predicted octanol–water partition coefficient (Wildman–Crippen LogP) is 2.53. The number of aromatic nitrogens is 3. The fourth-order valence-electron chi connectivity index (χ4n) is 1.31. The molecular weight excluding hydrogens is 248 g/mol. The Balaban J connectivity index is 2.00. The number of nitrogens with one attached hydrogen (secondary N) is 1. The first-order valence-electron chi connectivity index (χ1n) is 5.80. The van der Waals surface area contributed by atoms with Crippen molar-refractivity contribution in [1.82, 2.24) is 20.5 Å². The van der Waals surface area contributed by atoms with Crippen LogP contribution in [0.4, 0.5) is 0 Å². The van der Waals surface area contributed by atoms with Gasteiger partial charge < -0.3 is 10.1 Å². The Morgan fingerprint density at radius 3 is 2.94 bits per heavy atom. The molecule has 0 atom stereocenters. The zero-order valence-electron chi connectivity index (χ0n) is 10.7. The molecule has 96 valence electrons. The van der Waals surface area contributed by atoms with Crippen molar-refractivity contribution in [3.8, 4) is 10.9 Å². The predicted molar refractivity (Wildman–Crippen MR) is 70.9 cm³/mol. The van der Waals surface area contributed by atoms with Gasteiger partial charge in [0.2, 0.25) is 0 Å². The van der Waals surface area contributed by atoms with Crippen LogP contribution in [0.3, 0.4) is 0 Å². The van der Waals surface area contributed by atoms with Crippen molar-refractivity contribution in [3.05, 3.63) is 29.0 Å². The first-order chi connectivity index (χ1) is 8.65. The van der Waals surface area contributed by atoms with Crippen molar-refractivity contribution < 1.29 is 4.74 Å². The molecule has 2 heterocycles. The fraction of sp³-hybridized carbons (Fsp3) is 0.417. The van der Waals surface area contributed by atoms with Gasteiger partial charge >= 0.3 is 0 Å². The average molecular weight is 264 g/mol. The summed E-state index contributed by atoms with van der Waals surface area (Å²) in [6, 6.07) is 4.14. The highest BCUT2D eigenvalue weighted by Crippen LogP contribution is 2.26. The number of pyridine rings is 1. The second-order valence-electron chi connectivity index (χ2n) is 4.19. The SMILES string of the molecule is Cc1ncccc1Oc1nnc(CNC(C)C)s1. The average Bonchev–Trinajstić information content (AvgIpc) is 2.77. The van der Waals surface area contributed by atoms with Gasteiger partial charge in [-0.25, -0.2) is 0 Å². The van der Waals surface area contributed by atoms with Gasteiger partial charge in [-0.1, -0.05) is 30.3 Å². The number of aryl methyl sites for hydroxylation is 1. The highest BCUT2D eigenvalue weighted by molar-refractivity contribution is 7.13. The van der Waals surface area contributed by atoms with Crippen LogP contribution in [0.25, 0.3) is 0 Å². The summed E-state index contributed by atoms with van der Waals surface area (Å²) in [6.07, 6.45) is 1.74. The highest BCUT2D eigenvalue weighted by atomic mass is 32.1. The number of hydrogen-bond donors (Lipinski definition) is 1. The van der Waals surface area contributed by atoms with E-state index in [9.17, 15) is 0 Å². The largest absolute Gasteiger partial charge is 0.428 e. The first-order valence-corrected chi connectivity index (χ1v) is 6.62. The maximum Gasteiger partial charge on any atom is 0.299 e. The van der Waals surface area contributed by atoms with Gasteiger partial charge in [0.1, 0.15) is 5.01 Å². The Bertz CT molecular complexity index is 512. The number of rotatable bonds is 5. The van der Waals surface area contributed by atoms with Gasteiger partial charge in [-0.3, -0.25) is 4.98 Å². The second-order valence-corrected chi connectivity index (χ2v) is 5.21. The summed E-state index contributed by atoms with van der Waals surface area (Å²) < 4.78 is 5.65. The topological polar surface area (TPSA) is 59.9 Å². The monoisotopic (exact) mass is 264 g/mol. The molecule has 0 saturated carbocycles. The second kappa shape index (κ2) is 5.88. The minimum Gasteiger partial charge on any atom is -0.428 e. The van der Waals surface area contributed by atoms with E-state index in [1.165, 1.54) is 11.3 Å². The molecule has 2 aromatic rings. The summed E-state index contributed by atoms with van der Waals surface area (Å²) >= 11 is 1.44. The summed E-state index contributed by atoms with van der Waals surface area (Å²) in [7, 11) is 0. The summed E-state index contributed by atoms with van der Waals surface area (Å²) in [5, 5.41) is 12.8. The number of nitrogens with zero attached hydrogens (tertiary/aromatic N) is 3. The lowest BCUT2D eigenvalue weighted by atomic mass is 10.3. The third-order valence-corrected chi connectivity index (χ3v) is 3.07. The van der Waals surface area contributed by atoms with Crippen molar-refractivity contribution in [2.45, 2.75) is 33.4 Å². The van der Waals surface area contributed by atoms with E-state index in [2.05, 4.69) is 34.3 Å². The van der Waals surface area contributed by atoms with Gasteiger partial charge in [-0.05, 0) is 19.1 Å². The number of hydrogen-bond acceptors (Lipinski definition) is 6. The molecule has 0 radical (unpaired) electrons. The van der Waals surface area contributed by atoms with Gasteiger partial charge in [-0.15, -0.1) is 5.10 Å². The molecular formula is C12H16N4OS. The van der Waals surface area contributed by atoms with E-state index < -0.39 is 0 Å². The van der Waals surface area contributed by atoms with Crippen molar-refractivity contribution >= 4 is 11.3 Å². The van der Waals surface area contributed by atoms with Crippen LogP contribution < -0.4 is 10.1 Å². The van der Waals surface area contributed by atoms with Crippen molar-refractivity contribution in [2.75, 3.05) is 0 Å². The van der Waals surface area contributed by atoms with E-state index >= 15 is 0 Å². The van der Waals surface area contributed by atoms with E-state index in [4.69, 9.17) is 4.74 Å². The lowest BCUT2D eigenvalue weighted by molar-refractivity contribution is 0.466. The molecule has 1 N–H and O–H groups in total. The molecule has 0 unspecified atom stereocenters. The molecule has 0 spiro atoms. The fourth-order valence-corrected chi connectivity index (χ4v) is 1.97. The van der Waals surface area contributed by atoms with Crippen molar-refractivity contribution in [2.24, 2.45) is 0 Å². The summed E-state index contributed by atoms with van der Waals surface area (Å²) in [5.41, 5.74) is 0.842. The molecule has 6 heteroatoms. The molecule has 0 aliphatic heterocycles. The normalized spacial score (nSPS) is 10.9. The van der Waals surface area contributed by atoms with Gasteiger partial charge in [0.15, 0.2) is 5.75 Å². The van der Waals surface area contributed by atoms with E-state index in [-0.39, 0.29) is 0 Å². The molecule has 18 heavy (non-hydrogen) atoms. The maximum atomic E-state index is 5.65. The molecule has 0 fully saturated rings. The Hall–Kier alpha value is -1.53. The summed E-state index contributed by atoms with van der Waals surface area (Å²) in [5.74, 6) is 0.719. The van der Waals surface area contributed by atoms with E-state index in [1.807, 2.05) is 19.1 Å². The minimum absolute atomic E-state index is 0.429. The minimum atomic E-state index is 0.429.